The van der Waals surface area contributed by atoms with E-state index >= 15 is 0 Å². The Morgan fingerprint density at radius 3 is 2.44 bits per heavy atom. The lowest BCUT2D eigenvalue weighted by molar-refractivity contribution is -0.134. The quantitative estimate of drug-likeness (QED) is 0.606. The molecule has 0 saturated carbocycles. The highest BCUT2D eigenvalue weighted by Crippen LogP contribution is 2.31. The van der Waals surface area contributed by atoms with E-state index in [1.807, 2.05) is 0 Å². The molecule has 3 amide bonds. The Hall–Kier alpha value is -1.96. The van der Waals surface area contributed by atoms with Crippen molar-refractivity contribution in [2.24, 2.45) is 23.3 Å². The van der Waals surface area contributed by atoms with Crippen molar-refractivity contribution in [3.8, 4) is 0 Å². The van der Waals surface area contributed by atoms with Crippen molar-refractivity contribution in [1.82, 2.24) is 9.80 Å². The number of fused-ring (bicyclic) bond motifs is 1. The number of carbonyl (C=O) groups excluding carboxylic acids is 4. The molecule has 1 radical (unpaired) electrons. The van der Waals surface area contributed by atoms with Crippen LogP contribution in [0.1, 0.15) is 46.5 Å². The number of primary amides is 1. The maximum Gasteiger partial charge on any atom is 0.240 e. The smallest absolute Gasteiger partial charge is 0.240 e. The first-order valence-corrected chi connectivity index (χ1v) is 9.65. The van der Waals surface area contributed by atoms with Crippen molar-refractivity contribution in [2.45, 2.75) is 64.6 Å². The van der Waals surface area contributed by atoms with Crippen LogP contribution in [0.3, 0.4) is 0 Å². The van der Waals surface area contributed by atoms with Crippen molar-refractivity contribution in [3.05, 3.63) is 6.42 Å². The van der Waals surface area contributed by atoms with E-state index < -0.39 is 23.9 Å². The largest absolute Gasteiger partial charge is 0.369 e. The zero-order valence-electron chi connectivity index (χ0n) is 16.4. The standard InChI is InChI=1S/C19H31N4O4/c1-11(2)4-6-13(20)19(27)23-10-15(24)17-14(23)8-9-22(17)16(25)7-5-12(3)18(21)26/h7,11-14,17H,4-6,8-10,20H2,1-3H3,(H2,21,26). The normalized spacial score (nSPS) is 24.3. The van der Waals surface area contributed by atoms with Crippen LogP contribution in [-0.4, -0.2) is 64.5 Å². The summed E-state index contributed by atoms with van der Waals surface area (Å²) in [5.41, 5.74) is 11.3. The number of Topliss-reactive ketones (excluding diaryl/α,β-unsaturated/α-hetero) is 1. The Kier molecular flexibility index (Phi) is 6.97. The first kappa shape index (κ1) is 21.3. The molecule has 2 aliphatic rings. The summed E-state index contributed by atoms with van der Waals surface area (Å²) in [6, 6.07) is -1.54. The lowest BCUT2D eigenvalue weighted by Gasteiger charge is -2.26. The average Bonchev–Trinajstić information content (AvgIpc) is 3.18. The van der Waals surface area contributed by atoms with E-state index in [1.165, 1.54) is 11.3 Å². The lowest BCUT2D eigenvalue weighted by atomic mass is 10.0. The Morgan fingerprint density at radius 2 is 1.85 bits per heavy atom. The van der Waals surface area contributed by atoms with Crippen molar-refractivity contribution in [2.75, 3.05) is 13.1 Å². The number of nitrogens with zero attached hydrogens (tertiary/aromatic N) is 2. The molecule has 0 bridgehead atoms. The Morgan fingerprint density at radius 1 is 1.19 bits per heavy atom. The highest BCUT2D eigenvalue weighted by atomic mass is 16.2. The van der Waals surface area contributed by atoms with Gasteiger partial charge in [0.15, 0.2) is 5.78 Å². The van der Waals surface area contributed by atoms with Gasteiger partial charge in [-0.15, -0.1) is 0 Å². The van der Waals surface area contributed by atoms with Gasteiger partial charge in [-0.2, -0.15) is 0 Å². The zero-order chi connectivity index (χ0) is 20.3. The van der Waals surface area contributed by atoms with Gasteiger partial charge < -0.3 is 21.3 Å². The monoisotopic (exact) mass is 379 g/mol. The SMILES string of the molecule is CC(C)CCC(N)C(=O)N1CC(=O)C2C1CCN2C(=O)[CH]CC(C)C(N)=O. The van der Waals surface area contributed by atoms with E-state index in [0.717, 1.165) is 6.42 Å². The number of rotatable bonds is 8. The fraction of sp³-hybridized carbons (Fsp3) is 0.737. The lowest BCUT2D eigenvalue weighted by Crippen LogP contribution is -2.48. The van der Waals surface area contributed by atoms with Gasteiger partial charge in [0.1, 0.15) is 6.04 Å². The van der Waals surface area contributed by atoms with Crippen LogP contribution in [0.5, 0.6) is 0 Å². The van der Waals surface area contributed by atoms with Crippen LogP contribution in [0.4, 0.5) is 0 Å². The topological polar surface area (TPSA) is 127 Å². The third-order valence-electron chi connectivity index (χ3n) is 5.49. The summed E-state index contributed by atoms with van der Waals surface area (Å²) in [6.45, 7) is 6.21. The first-order chi connectivity index (χ1) is 12.6. The van der Waals surface area contributed by atoms with E-state index in [2.05, 4.69) is 13.8 Å². The molecule has 0 aromatic rings. The van der Waals surface area contributed by atoms with Gasteiger partial charge >= 0.3 is 0 Å². The molecular weight excluding hydrogens is 348 g/mol. The average molecular weight is 379 g/mol. The number of nitrogens with two attached hydrogens (primary N) is 2. The molecule has 2 saturated heterocycles. The van der Waals surface area contributed by atoms with Gasteiger partial charge in [0.05, 0.1) is 25.0 Å². The third kappa shape index (κ3) is 4.86. The fourth-order valence-electron chi connectivity index (χ4n) is 3.72. The van der Waals surface area contributed by atoms with Crippen molar-refractivity contribution in [3.63, 3.8) is 0 Å². The Bertz CT molecular complexity index is 607. The van der Waals surface area contributed by atoms with Gasteiger partial charge in [-0.1, -0.05) is 20.8 Å². The van der Waals surface area contributed by atoms with Gasteiger partial charge in [0, 0.05) is 12.5 Å². The summed E-state index contributed by atoms with van der Waals surface area (Å²) in [5, 5.41) is 0. The summed E-state index contributed by atoms with van der Waals surface area (Å²) in [5.74, 6) is -1.09. The molecule has 2 rings (SSSR count). The molecule has 0 aromatic heterocycles. The van der Waals surface area contributed by atoms with Crippen LogP contribution in [0, 0.1) is 18.3 Å². The predicted octanol–water partition coefficient (Wildman–Crippen LogP) is -0.154. The second kappa shape index (κ2) is 8.82. The number of likely N-dealkylation sites (tertiary alicyclic amines) is 2. The summed E-state index contributed by atoms with van der Waals surface area (Å²) < 4.78 is 0. The van der Waals surface area contributed by atoms with Crippen LogP contribution in [0.15, 0.2) is 0 Å². The van der Waals surface area contributed by atoms with Gasteiger partial charge in [0.25, 0.3) is 0 Å². The fourth-order valence-corrected chi connectivity index (χ4v) is 3.72. The van der Waals surface area contributed by atoms with E-state index in [1.54, 1.807) is 11.8 Å². The summed E-state index contributed by atoms with van der Waals surface area (Å²) in [4.78, 5) is 51.9. The third-order valence-corrected chi connectivity index (χ3v) is 5.49. The molecule has 27 heavy (non-hydrogen) atoms. The van der Waals surface area contributed by atoms with Crippen LogP contribution in [-0.2, 0) is 19.2 Å². The van der Waals surface area contributed by atoms with Gasteiger partial charge in [-0.25, -0.2) is 0 Å². The maximum absolute atomic E-state index is 12.7. The minimum Gasteiger partial charge on any atom is -0.369 e. The Balaban J connectivity index is 1.98. The molecular formula is C19H31N4O4. The minimum absolute atomic E-state index is 0.00497. The van der Waals surface area contributed by atoms with Crippen LogP contribution < -0.4 is 11.5 Å². The van der Waals surface area contributed by atoms with E-state index in [4.69, 9.17) is 11.5 Å². The highest BCUT2D eigenvalue weighted by molar-refractivity contribution is 5.99. The summed E-state index contributed by atoms with van der Waals surface area (Å²) in [6.07, 6.45) is 3.63. The van der Waals surface area contributed by atoms with Crippen molar-refractivity contribution in [1.29, 1.82) is 0 Å². The molecule has 8 nitrogen and oxygen atoms in total. The van der Waals surface area contributed by atoms with E-state index in [-0.39, 0.29) is 36.6 Å². The molecule has 8 heteroatoms. The first-order valence-electron chi connectivity index (χ1n) is 9.65. The molecule has 0 aliphatic carbocycles. The van der Waals surface area contributed by atoms with E-state index in [9.17, 15) is 19.2 Å². The number of ketones is 1. The van der Waals surface area contributed by atoms with Crippen molar-refractivity contribution < 1.29 is 19.2 Å². The molecule has 0 aromatic carbocycles. The van der Waals surface area contributed by atoms with Crippen LogP contribution in [0.2, 0.25) is 0 Å². The molecule has 151 valence electrons. The number of carbonyl (C=O) groups is 4. The summed E-state index contributed by atoms with van der Waals surface area (Å²) in [7, 11) is 0. The van der Waals surface area contributed by atoms with Gasteiger partial charge in [-0.3, -0.25) is 19.2 Å². The molecule has 0 spiro atoms. The van der Waals surface area contributed by atoms with Gasteiger partial charge in [-0.05, 0) is 31.6 Å². The second-order valence-corrected chi connectivity index (χ2v) is 8.09. The Labute approximate surface area is 160 Å². The zero-order valence-corrected chi connectivity index (χ0v) is 16.4. The number of hydrogen-bond acceptors (Lipinski definition) is 5. The second-order valence-electron chi connectivity index (χ2n) is 8.09. The molecule has 4 atom stereocenters. The molecule has 2 fully saturated rings. The minimum atomic E-state index is -0.619. The van der Waals surface area contributed by atoms with E-state index in [0.29, 0.717) is 25.3 Å². The number of hydrogen-bond donors (Lipinski definition) is 2. The molecule has 2 aliphatic heterocycles. The van der Waals surface area contributed by atoms with Crippen LogP contribution in [0.25, 0.3) is 0 Å². The predicted molar refractivity (Wildman–Crippen MR) is 99.9 cm³/mol. The molecule has 4 unspecified atom stereocenters. The maximum atomic E-state index is 12.7. The molecule has 2 heterocycles. The number of amides is 3. The van der Waals surface area contributed by atoms with Gasteiger partial charge in [0.2, 0.25) is 17.7 Å². The molecule has 4 N–H and O–H groups in total. The van der Waals surface area contributed by atoms with Crippen molar-refractivity contribution >= 4 is 23.5 Å². The highest BCUT2D eigenvalue weighted by Gasteiger charge is 2.51. The summed E-state index contributed by atoms with van der Waals surface area (Å²) >= 11 is 0. The van der Waals surface area contributed by atoms with Crippen LogP contribution >= 0.6 is 0 Å².